The molecule has 3 rings (SSSR count). The summed E-state index contributed by atoms with van der Waals surface area (Å²) in [5.74, 6) is -0.0555. The predicted molar refractivity (Wildman–Crippen MR) is 112 cm³/mol. The van der Waals surface area contributed by atoms with Gasteiger partial charge < -0.3 is 4.74 Å². The average molecular weight is 406 g/mol. The predicted octanol–water partition coefficient (Wildman–Crippen LogP) is 2.89. The number of aliphatic imine (C=N–C) groups is 1. The summed E-state index contributed by atoms with van der Waals surface area (Å²) in [5, 5.41) is 0.573. The van der Waals surface area contributed by atoms with Gasteiger partial charge in [0, 0.05) is 18.8 Å². The summed E-state index contributed by atoms with van der Waals surface area (Å²) >= 11 is 1.36. The first kappa shape index (κ1) is 20.5. The third kappa shape index (κ3) is 3.83. The van der Waals surface area contributed by atoms with Crippen molar-refractivity contribution in [3.05, 3.63) is 31.3 Å². The quantitative estimate of drug-likeness (QED) is 0.566. The number of carbonyl (C=O) groups excluding carboxylic acids is 1. The van der Waals surface area contributed by atoms with Gasteiger partial charge in [-0.3, -0.25) is 23.7 Å². The fourth-order valence-electron chi connectivity index (χ4n) is 3.32. The van der Waals surface area contributed by atoms with Gasteiger partial charge >= 0.3 is 11.7 Å². The van der Waals surface area contributed by atoms with Crippen molar-refractivity contribution in [1.29, 1.82) is 0 Å². The van der Waals surface area contributed by atoms with Crippen LogP contribution >= 0.6 is 11.3 Å². The molecular formula is C20H27N3O4S. The Bertz CT molecular complexity index is 1070. The lowest BCUT2D eigenvalue weighted by Gasteiger charge is -2.18. The average Bonchev–Trinajstić information content (AvgIpc) is 3.18. The van der Waals surface area contributed by atoms with Gasteiger partial charge in [-0.25, -0.2) is 4.79 Å². The molecule has 0 radical (unpaired) electrons. The first-order chi connectivity index (χ1) is 13.0. The zero-order chi connectivity index (χ0) is 20.8. The smallest absolute Gasteiger partial charge is 0.332 e. The molecule has 2 aromatic heterocycles. The van der Waals surface area contributed by atoms with Crippen LogP contribution in [0.2, 0.25) is 0 Å². The summed E-state index contributed by atoms with van der Waals surface area (Å²) in [6.45, 7) is 11.6. The van der Waals surface area contributed by atoms with Crippen molar-refractivity contribution in [2.24, 2.45) is 10.9 Å². The monoisotopic (exact) mass is 405 g/mol. The van der Waals surface area contributed by atoms with E-state index in [-0.39, 0.29) is 23.8 Å². The molecule has 7 nitrogen and oxygen atoms in total. The second kappa shape index (κ2) is 7.31. The standard InChI is InChI=1S/C20H27N3O4S/c1-7-22-18-16(17(25)23(19(22)26)13-8-11(13)2)12(3)14(28-18)9-21-10-15(24)27-20(4,5)6/h9,11,13H,7-8,10H2,1-6H3/t11-,13-/m0/s1. The maximum Gasteiger partial charge on any atom is 0.332 e. The topological polar surface area (TPSA) is 82.7 Å². The molecule has 8 heteroatoms. The van der Waals surface area contributed by atoms with Crippen molar-refractivity contribution in [2.45, 2.75) is 66.2 Å². The molecule has 28 heavy (non-hydrogen) atoms. The van der Waals surface area contributed by atoms with E-state index < -0.39 is 11.6 Å². The van der Waals surface area contributed by atoms with Crippen molar-refractivity contribution in [3.8, 4) is 0 Å². The third-order valence-electron chi connectivity index (χ3n) is 4.84. The lowest BCUT2D eigenvalue weighted by Crippen LogP contribution is -2.39. The minimum absolute atomic E-state index is 0.00853. The normalized spacial score (nSPS) is 19.5. The van der Waals surface area contributed by atoms with Crippen molar-refractivity contribution in [3.63, 3.8) is 0 Å². The van der Waals surface area contributed by atoms with Crippen LogP contribution in [0.5, 0.6) is 0 Å². The van der Waals surface area contributed by atoms with Gasteiger partial charge in [0.05, 0.1) is 10.3 Å². The minimum Gasteiger partial charge on any atom is -0.459 e. The molecule has 1 fully saturated rings. The second-order valence-electron chi connectivity index (χ2n) is 8.31. The van der Waals surface area contributed by atoms with Crippen LogP contribution in [0.25, 0.3) is 10.2 Å². The molecule has 0 N–H and O–H groups in total. The number of aromatic nitrogens is 2. The highest BCUT2D eigenvalue weighted by atomic mass is 32.1. The highest BCUT2D eigenvalue weighted by molar-refractivity contribution is 7.20. The number of aryl methyl sites for hydroxylation is 2. The minimum atomic E-state index is -0.553. The number of fused-ring (bicyclic) bond motifs is 1. The largest absolute Gasteiger partial charge is 0.459 e. The van der Waals surface area contributed by atoms with E-state index in [9.17, 15) is 14.4 Å². The maximum atomic E-state index is 13.1. The molecule has 0 spiro atoms. The van der Waals surface area contributed by atoms with E-state index in [2.05, 4.69) is 4.99 Å². The molecule has 1 aliphatic rings. The molecule has 0 saturated heterocycles. The molecule has 1 aliphatic carbocycles. The van der Waals surface area contributed by atoms with Gasteiger partial charge in [-0.15, -0.1) is 11.3 Å². The Morgan fingerprint density at radius 2 is 2.00 bits per heavy atom. The Balaban J connectivity index is 2.00. The van der Waals surface area contributed by atoms with Gasteiger partial charge in [0.1, 0.15) is 17.0 Å². The molecule has 0 aliphatic heterocycles. The Morgan fingerprint density at radius 3 is 2.54 bits per heavy atom. The van der Waals surface area contributed by atoms with Gasteiger partial charge in [-0.1, -0.05) is 6.92 Å². The fourth-order valence-corrected chi connectivity index (χ4v) is 4.57. The Morgan fingerprint density at radius 1 is 1.36 bits per heavy atom. The number of thiophene rings is 1. The summed E-state index contributed by atoms with van der Waals surface area (Å²) in [6, 6.07) is -0.00853. The molecule has 0 aromatic carbocycles. The van der Waals surface area contributed by atoms with Gasteiger partial charge in [0.25, 0.3) is 5.56 Å². The van der Waals surface area contributed by atoms with Crippen LogP contribution in [0.3, 0.4) is 0 Å². The van der Waals surface area contributed by atoms with E-state index in [1.54, 1.807) is 31.6 Å². The molecule has 0 amide bonds. The number of ether oxygens (including phenoxy) is 1. The van der Waals surface area contributed by atoms with Crippen molar-refractivity contribution in [1.82, 2.24) is 9.13 Å². The SMILES string of the molecule is CCn1c(=O)n([C@H]2C[C@@H]2C)c(=O)c2c(C)c(C=NCC(=O)OC(C)(C)C)sc21. The van der Waals surface area contributed by atoms with Crippen molar-refractivity contribution in [2.75, 3.05) is 6.54 Å². The van der Waals surface area contributed by atoms with E-state index in [1.807, 2.05) is 20.8 Å². The summed E-state index contributed by atoms with van der Waals surface area (Å²) in [4.78, 5) is 43.4. The van der Waals surface area contributed by atoms with Crippen LogP contribution in [0.4, 0.5) is 0 Å². The Hall–Kier alpha value is -2.22. The van der Waals surface area contributed by atoms with Gasteiger partial charge in [-0.2, -0.15) is 0 Å². The number of carbonyl (C=O) groups is 1. The van der Waals surface area contributed by atoms with E-state index >= 15 is 0 Å². The molecule has 1 saturated carbocycles. The molecule has 152 valence electrons. The first-order valence-corrected chi connectivity index (χ1v) is 10.4. The molecular weight excluding hydrogens is 378 g/mol. The lowest BCUT2D eigenvalue weighted by molar-refractivity contribution is -0.152. The highest BCUT2D eigenvalue weighted by Crippen LogP contribution is 2.41. The molecule has 2 heterocycles. The highest BCUT2D eigenvalue weighted by Gasteiger charge is 2.38. The zero-order valence-corrected chi connectivity index (χ0v) is 18.1. The number of hydrogen-bond acceptors (Lipinski definition) is 6. The number of esters is 1. The molecule has 2 atom stereocenters. The summed E-state index contributed by atoms with van der Waals surface area (Å²) in [6.07, 6.45) is 2.45. The Labute approximate surface area is 167 Å². The molecule has 0 unspecified atom stereocenters. The van der Waals surface area contributed by atoms with Crippen LogP contribution in [0.1, 0.15) is 57.5 Å². The van der Waals surface area contributed by atoms with Crippen LogP contribution in [-0.4, -0.2) is 33.5 Å². The number of rotatable bonds is 5. The lowest BCUT2D eigenvalue weighted by atomic mass is 10.2. The van der Waals surface area contributed by atoms with Crippen LogP contribution < -0.4 is 11.2 Å². The van der Waals surface area contributed by atoms with Crippen LogP contribution in [0, 0.1) is 12.8 Å². The second-order valence-corrected chi connectivity index (χ2v) is 9.34. The summed E-state index contributed by atoms with van der Waals surface area (Å²) in [5.41, 5.74) is -0.225. The molecule has 2 aromatic rings. The number of hydrogen-bond donors (Lipinski definition) is 0. The molecule has 0 bridgehead atoms. The van der Waals surface area contributed by atoms with Crippen LogP contribution in [0.15, 0.2) is 14.6 Å². The van der Waals surface area contributed by atoms with Crippen molar-refractivity contribution < 1.29 is 9.53 Å². The van der Waals surface area contributed by atoms with E-state index in [0.29, 0.717) is 22.7 Å². The first-order valence-electron chi connectivity index (χ1n) is 9.55. The van der Waals surface area contributed by atoms with Gasteiger partial charge in [-0.05, 0) is 52.5 Å². The van der Waals surface area contributed by atoms with Gasteiger partial charge in [0.2, 0.25) is 0 Å². The maximum absolute atomic E-state index is 13.1. The fraction of sp³-hybridized carbons (Fsp3) is 0.600. The van der Waals surface area contributed by atoms with E-state index in [4.69, 9.17) is 4.74 Å². The van der Waals surface area contributed by atoms with Crippen molar-refractivity contribution >= 4 is 33.7 Å². The van der Waals surface area contributed by atoms with Crippen LogP contribution in [-0.2, 0) is 16.1 Å². The summed E-state index contributed by atoms with van der Waals surface area (Å²) in [7, 11) is 0. The third-order valence-corrected chi connectivity index (χ3v) is 6.09. The summed E-state index contributed by atoms with van der Waals surface area (Å²) < 4.78 is 8.32. The zero-order valence-electron chi connectivity index (χ0n) is 17.2. The Kier molecular flexibility index (Phi) is 5.36. The van der Waals surface area contributed by atoms with E-state index in [1.165, 1.54) is 15.9 Å². The number of nitrogens with zero attached hydrogens (tertiary/aromatic N) is 3. The van der Waals surface area contributed by atoms with Gasteiger partial charge in [0.15, 0.2) is 0 Å². The van der Waals surface area contributed by atoms with E-state index in [0.717, 1.165) is 16.9 Å².